The third kappa shape index (κ3) is 3.11. The molecule has 1 amide bonds. The summed E-state index contributed by atoms with van der Waals surface area (Å²) in [4.78, 5) is 30.7. The fraction of sp³-hybridized carbons (Fsp3) is 0.400. The molecule has 2 aliphatic rings. The van der Waals surface area contributed by atoms with Gasteiger partial charge in [0.05, 0.1) is 19.6 Å². The van der Waals surface area contributed by atoms with Crippen molar-refractivity contribution in [2.45, 2.75) is 12.5 Å². The molecule has 0 radical (unpaired) electrons. The summed E-state index contributed by atoms with van der Waals surface area (Å²) in [6.07, 6.45) is 0.0988. The second kappa shape index (κ2) is 6.05. The largest absolute Gasteiger partial charge is 0.378 e. The Labute approximate surface area is 122 Å². The van der Waals surface area contributed by atoms with Crippen molar-refractivity contribution in [2.75, 3.05) is 26.3 Å². The summed E-state index contributed by atoms with van der Waals surface area (Å²) in [5.74, 6) is 0.209. The number of nitrogens with zero attached hydrogens (tertiary/aromatic N) is 2. The first-order valence-corrected chi connectivity index (χ1v) is 7.03. The average Bonchev–Trinajstić information content (AvgIpc) is 2.55. The van der Waals surface area contributed by atoms with Crippen LogP contribution in [0.5, 0.6) is 0 Å². The van der Waals surface area contributed by atoms with Crippen molar-refractivity contribution in [3.63, 3.8) is 0 Å². The van der Waals surface area contributed by atoms with Crippen LogP contribution >= 0.6 is 0 Å². The van der Waals surface area contributed by atoms with Crippen LogP contribution in [0.3, 0.4) is 0 Å². The fourth-order valence-corrected chi connectivity index (χ4v) is 2.46. The van der Waals surface area contributed by atoms with Gasteiger partial charge in [0.1, 0.15) is 6.04 Å². The van der Waals surface area contributed by atoms with Gasteiger partial charge in [0.25, 0.3) is 0 Å². The van der Waals surface area contributed by atoms with E-state index in [4.69, 9.17) is 4.74 Å². The zero-order chi connectivity index (χ0) is 14.7. The van der Waals surface area contributed by atoms with Crippen molar-refractivity contribution in [2.24, 2.45) is 4.99 Å². The van der Waals surface area contributed by atoms with Crippen LogP contribution in [0.4, 0.5) is 0 Å². The van der Waals surface area contributed by atoms with E-state index in [9.17, 15) is 9.59 Å². The van der Waals surface area contributed by atoms with Crippen LogP contribution in [0.1, 0.15) is 16.8 Å². The highest BCUT2D eigenvalue weighted by molar-refractivity contribution is 6.08. The van der Waals surface area contributed by atoms with Gasteiger partial charge in [0.15, 0.2) is 5.78 Å². The Hall–Kier alpha value is -2.21. The summed E-state index contributed by atoms with van der Waals surface area (Å²) in [6, 6.07) is 8.33. The van der Waals surface area contributed by atoms with Crippen molar-refractivity contribution in [3.8, 4) is 0 Å². The molecule has 1 fully saturated rings. The molecule has 21 heavy (non-hydrogen) atoms. The molecule has 1 saturated heterocycles. The van der Waals surface area contributed by atoms with Crippen molar-refractivity contribution in [1.82, 2.24) is 10.2 Å². The molecule has 6 heteroatoms. The first kappa shape index (κ1) is 13.8. The fourth-order valence-electron chi connectivity index (χ4n) is 2.46. The van der Waals surface area contributed by atoms with Gasteiger partial charge in [-0.25, -0.2) is 4.99 Å². The average molecular weight is 287 g/mol. The molecule has 0 saturated carbocycles. The lowest BCUT2D eigenvalue weighted by Crippen LogP contribution is -2.52. The number of carbonyl (C=O) groups is 2. The Morgan fingerprint density at radius 2 is 1.95 bits per heavy atom. The van der Waals surface area contributed by atoms with Gasteiger partial charge in [-0.2, -0.15) is 0 Å². The van der Waals surface area contributed by atoms with Crippen LogP contribution in [-0.4, -0.2) is 54.9 Å². The summed E-state index contributed by atoms with van der Waals surface area (Å²) in [5.41, 5.74) is 0.585. The van der Waals surface area contributed by atoms with E-state index < -0.39 is 6.04 Å². The van der Waals surface area contributed by atoms with Crippen LogP contribution < -0.4 is 5.32 Å². The predicted octanol–water partition coefficient (Wildman–Crippen LogP) is 0.446. The molecule has 1 aromatic carbocycles. The molecule has 2 heterocycles. The monoisotopic (exact) mass is 287 g/mol. The highest BCUT2D eigenvalue weighted by atomic mass is 16.5. The van der Waals surface area contributed by atoms with E-state index in [1.165, 1.54) is 0 Å². The molecule has 2 aliphatic heterocycles. The molecule has 0 unspecified atom stereocenters. The first-order valence-electron chi connectivity index (χ1n) is 7.03. The standard InChI is InChI=1S/C15H17N3O3/c19-13-10-12(14(20)11-4-2-1-3-5-11)16-15(17-13)18-6-8-21-9-7-18/h1-5,12H,6-10H2,(H,16,17,19)/t12-/m0/s1. The lowest BCUT2D eigenvalue weighted by atomic mass is 10.0. The van der Waals surface area contributed by atoms with Crippen molar-refractivity contribution in [3.05, 3.63) is 35.9 Å². The molecule has 0 spiro atoms. The molecule has 0 aliphatic carbocycles. The van der Waals surface area contributed by atoms with Gasteiger partial charge in [0, 0.05) is 18.7 Å². The van der Waals surface area contributed by atoms with Crippen molar-refractivity contribution < 1.29 is 14.3 Å². The number of hydrogen-bond acceptors (Lipinski definition) is 5. The number of ether oxygens (including phenoxy) is 1. The van der Waals surface area contributed by atoms with Crippen LogP contribution in [0.25, 0.3) is 0 Å². The number of aliphatic imine (C=N–C) groups is 1. The van der Waals surface area contributed by atoms with Gasteiger partial charge in [-0.05, 0) is 0 Å². The second-order valence-corrected chi connectivity index (χ2v) is 5.05. The Morgan fingerprint density at radius 1 is 1.24 bits per heavy atom. The van der Waals surface area contributed by atoms with E-state index in [1.54, 1.807) is 12.1 Å². The first-order chi connectivity index (χ1) is 10.2. The molecule has 1 aromatic rings. The summed E-state index contributed by atoms with van der Waals surface area (Å²) < 4.78 is 5.28. The highest BCUT2D eigenvalue weighted by Gasteiger charge is 2.30. The Morgan fingerprint density at radius 3 is 2.67 bits per heavy atom. The molecule has 0 aromatic heterocycles. The summed E-state index contributed by atoms with van der Waals surface area (Å²) in [7, 11) is 0. The maximum Gasteiger partial charge on any atom is 0.229 e. The number of rotatable bonds is 2. The Kier molecular flexibility index (Phi) is 3.96. The minimum Gasteiger partial charge on any atom is -0.378 e. The number of hydrogen-bond donors (Lipinski definition) is 1. The third-order valence-electron chi connectivity index (χ3n) is 3.58. The molecule has 110 valence electrons. The minimum absolute atomic E-state index is 0.0988. The topological polar surface area (TPSA) is 71.0 Å². The van der Waals surface area contributed by atoms with Crippen LogP contribution in [0.2, 0.25) is 0 Å². The third-order valence-corrected chi connectivity index (χ3v) is 3.58. The van der Waals surface area contributed by atoms with E-state index >= 15 is 0 Å². The van der Waals surface area contributed by atoms with Gasteiger partial charge in [-0.1, -0.05) is 30.3 Å². The SMILES string of the molecule is O=C1C[C@@H](C(=O)c2ccccc2)N=C(N2CCOCC2)N1. The zero-order valence-electron chi connectivity index (χ0n) is 11.6. The van der Waals surface area contributed by atoms with E-state index in [0.29, 0.717) is 37.8 Å². The van der Waals surface area contributed by atoms with E-state index in [2.05, 4.69) is 10.3 Å². The molecular weight excluding hydrogens is 270 g/mol. The van der Waals surface area contributed by atoms with Crippen molar-refractivity contribution in [1.29, 1.82) is 0 Å². The van der Waals surface area contributed by atoms with Gasteiger partial charge in [0.2, 0.25) is 11.9 Å². The maximum atomic E-state index is 12.4. The van der Waals surface area contributed by atoms with E-state index in [-0.39, 0.29) is 18.1 Å². The predicted molar refractivity (Wildman–Crippen MR) is 77.1 cm³/mol. The zero-order valence-corrected chi connectivity index (χ0v) is 11.6. The number of Topliss-reactive ketones (excluding diaryl/α,β-unsaturated/α-hetero) is 1. The Balaban J connectivity index is 1.81. The highest BCUT2D eigenvalue weighted by Crippen LogP contribution is 2.14. The molecule has 3 rings (SSSR count). The number of carbonyl (C=O) groups excluding carboxylic acids is 2. The van der Waals surface area contributed by atoms with Gasteiger partial charge >= 0.3 is 0 Å². The summed E-state index contributed by atoms with van der Waals surface area (Å²) in [5, 5.41) is 2.75. The molecule has 6 nitrogen and oxygen atoms in total. The van der Waals surface area contributed by atoms with E-state index in [1.807, 2.05) is 23.1 Å². The Bertz CT molecular complexity index is 565. The molecule has 1 N–H and O–H groups in total. The lowest BCUT2D eigenvalue weighted by Gasteiger charge is -2.32. The summed E-state index contributed by atoms with van der Waals surface area (Å²) in [6.45, 7) is 2.55. The molecular formula is C15H17N3O3. The quantitative estimate of drug-likeness (QED) is 0.802. The number of benzene rings is 1. The van der Waals surface area contributed by atoms with Crippen LogP contribution in [-0.2, 0) is 9.53 Å². The lowest BCUT2D eigenvalue weighted by molar-refractivity contribution is -0.120. The summed E-state index contributed by atoms with van der Waals surface area (Å²) >= 11 is 0. The normalized spacial score (nSPS) is 22.5. The minimum atomic E-state index is -0.640. The van der Waals surface area contributed by atoms with Gasteiger partial charge in [-0.3, -0.25) is 14.9 Å². The van der Waals surface area contributed by atoms with E-state index in [0.717, 1.165) is 0 Å². The smallest absolute Gasteiger partial charge is 0.229 e. The van der Waals surface area contributed by atoms with Gasteiger partial charge in [-0.15, -0.1) is 0 Å². The maximum absolute atomic E-state index is 12.4. The number of morpholine rings is 1. The molecule has 1 atom stereocenters. The van der Waals surface area contributed by atoms with Crippen molar-refractivity contribution >= 4 is 17.6 Å². The van der Waals surface area contributed by atoms with Crippen LogP contribution in [0, 0.1) is 0 Å². The number of ketones is 1. The second-order valence-electron chi connectivity index (χ2n) is 5.05. The number of nitrogens with one attached hydrogen (secondary N) is 1. The molecule has 0 bridgehead atoms. The van der Waals surface area contributed by atoms with Crippen LogP contribution in [0.15, 0.2) is 35.3 Å². The van der Waals surface area contributed by atoms with Gasteiger partial charge < -0.3 is 9.64 Å². The number of amides is 1. The number of guanidine groups is 1.